The Bertz CT molecular complexity index is 270. The number of rotatable bonds is 3. The summed E-state index contributed by atoms with van der Waals surface area (Å²) < 4.78 is 17.8. The summed E-state index contributed by atoms with van der Waals surface area (Å²) in [5.74, 6) is -0.0338. The Kier molecular flexibility index (Phi) is 5.79. The van der Waals surface area contributed by atoms with Gasteiger partial charge in [0.15, 0.2) is 0 Å². The van der Waals surface area contributed by atoms with Crippen LogP contribution in [-0.2, 0) is 0 Å². The predicted molar refractivity (Wildman–Crippen MR) is 53.2 cm³/mol. The van der Waals surface area contributed by atoms with Crippen LogP contribution in [0.2, 0.25) is 5.02 Å². The van der Waals surface area contributed by atoms with Crippen LogP contribution in [0.4, 0.5) is 4.39 Å². The third-order valence-corrected chi connectivity index (χ3v) is 1.58. The molecule has 0 heterocycles. The number of benzene rings is 1. The second kappa shape index (κ2) is 6.02. The van der Waals surface area contributed by atoms with E-state index in [0.717, 1.165) is 0 Å². The van der Waals surface area contributed by atoms with Gasteiger partial charge in [0.25, 0.3) is 0 Å². The molecule has 0 spiro atoms. The maximum Gasteiger partial charge on any atom is 0.145 e. The molecule has 1 aromatic rings. The van der Waals surface area contributed by atoms with E-state index >= 15 is 0 Å². The first-order valence-electron chi connectivity index (χ1n) is 3.52. The van der Waals surface area contributed by atoms with Crippen molar-refractivity contribution in [1.82, 2.24) is 0 Å². The lowest BCUT2D eigenvalue weighted by Gasteiger charge is -2.03. The van der Waals surface area contributed by atoms with Gasteiger partial charge in [-0.25, -0.2) is 4.39 Å². The number of nitrogens with two attached hydrogens (primary N) is 1. The predicted octanol–water partition coefficient (Wildman–Crippen LogP) is 2.24. The van der Waals surface area contributed by atoms with Crippen molar-refractivity contribution in [3.8, 4) is 5.75 Å². The highest BCUT2D eigenvalue weighted by Crippen LogP contribution is 2.19. The number of halogens is 3. The van der Waals surface area contributed by atoms with Gasteiger partial charge in [0.05, 0.1) is 5.02 Å². The van der Waals surface area contributed by atoms with Crippen molar-refractivity contribution in [3.05, 3.63) is 29.0 Å². The Morgan fingerprint density at radius 1 is 1.46 bits per heavy atom. The molecule has 1 aromatic carbocycles. The standard InChI is InChI=1S/C8H9ClFNO.ClH/c9-7-2-1-6(5-8(7)10)12-4-3-11;/h1-2,5H,3-4,11H2;1H. The summed E-state index contributed by atoms with van der Waals surface area (Å²) in [6.07, 6.45) is 0. The molecular formula is C8H10Cl2FNO. The number of hydrogen-bond acceptors (Lipinski definition) is 2. The molecule has 0 fully saturated rings. The first kappa shape index (κ1) is 12.5. The average Bonchev–Trinajstić information content (AvgIpc) is 2.07. The molecular weight excluding hydrogens is 216 g/mol. The zero-order valence-electron chi connectivity index (χ0n) is 6.80. The quantitative estimate of drug-likeness (QED) is 0.857. The fourth-order valence-electron chi connectivity index (χ4n) is 0.743. The van der Waals surface area contributed by atoms with Gasteiger partial charge in [-0.15, -0.1) is 12.4 Å². The van der Waals surface area contributed by atoms with Gasteiger partial charge < -0.3 is 10.5 Å². The second-order valence-corrected chi connectivity index (χ2v) is 2.62. The molecule has 0 aliphatic rings. The molecule has 0 unspecified atom stereocenters. The minimum atomic E-state index is -0.480. The van der Waals surface area contributed by atoms with Crippen LogP contribution in [0.25, 0.3) is 0 Å². The van der Waals surface area contributed by atoms with Crippen LogP contribution in [0, 0.1) is 5.82 Å². The zero-order chi connectivity index (χ0) is 8.97. The van der Waals surface area contributed by atoms with E-state index in [1.807, 2.05) is 0 Å². The lowest BCUT2D eigenvalue weighted by Crippen LogP contribution is -2.10. The van der Waals surface area contributed by atoms with E-state index in [-0.39, 0.29) is 17.4 Å². The first-order chi connectivity index (χ1) is 5.74. The Hall–Kier alpha value is -0.510. The molecule has 0 bridgehead atoms. The van der Waals surface area contributed by atoms with Gasteiger partial charge in [0.2, 0.25) is 0 Å². The molecule has 0 aromatic heterocycles. The highest BCUT2D eigenvalue weighted by Gasteiger charge is 2.00. The van der Waals surface area contributed by atoms with Crippen LogP contribution in [0.15, 0.2) is 18.2 Å². The highest BCUT2D eigenvalue weighted by atomic mass is 35.5. The molecule has 2 N–H and O–H groups in total. The normalized spacial score (nSPS) is 9.15. The summed E-state index contributed by atoms with van der Waals surface area (Å²) in [7, 11) is 0. The molecule has 5 heteroatoms. The molecule has 13 heavy (non-hydrogen) atoms. The molecule has 2 nitrogen and oxygen atoms in total. The van der Waals surface area contributed by atoms with Crippen molar-refractivity contribution in [2.75, 3.05) is 13.2 Å². The van der Waals surface area contributed by atoms with E-state index < -0.39 is 5.82 Å². The molecule has 0 saturated heterocycles. The average molecular weight is 226 g/mol. The van der Waals surface area contributed by atoms with E-state index in [0.29, 0.717) is 18.9 Å². The lowest BCUT2D eigenvalue weighted by molar-refractivity contribution is 0.326. The third-order valence-electron chi connectivity index (χ3n) is 1.28. The molecule has 1 rings (SSSR count). The van der Waals surface area contributed by atoms with Gasteiger partial charge in [0, 0.05) is 12.6 Å². The van der Waals surface area contributed by atoms with E-state index in [1.54, 1.807) is 6.07 Å². The molecule has 0 saturated carbocycles. The molecule has 0 amide bonds. The topological polar surface area (TPSA) is 35.2 Å². The van der Waals surface area contributed by atoms with E-state index in [1.165, 1.54) is 12.1 Å². The fraction of sp³-hybridized carbons (Fsp3) is 0.250. The smallest absolute Gasteiger partial charge is 0.145 e. The van der Waals surface area contributed by atoms with Crippen molar-refractivity contribution >= 4 is 24.0 Å². The van der Waals surface area contributed by atoms with Crippen LogP contribution in [0.3, 0.4) is 0 Å². The molecule has 0 aliphatic heterocycles. The molecule has 74 valence electrons. The summed E-state index contributed by atoms with van der Waals surface area (Å²) in [6, 6.07) is 4.28. The van der Waals surface area contributed by atoms with Crippen LogP contribution < -0.4 is 10.5 Å². The summed E-state index contributed by atoms with van der Waals surface area (Å²) >= 11 is 5.46. The number of ether oxygens (including phenoxy) is 1. The highest BCUT2D eigenvalue weighted by molar-refractivity contribution is 6.30. The van der Waals surface area contributed by atoms with Crippen molar-refractivity contribution in [1.29, 1.82) is 0 Å². The van der Waals surface area contributed by atoms with Gasteiger partial charge >= 0.3 is 0 Å². The monoisotopic (exact) mass is 225 g/mol. The largest absolute Gasteiger partial charge is 0.492 e. The van der Waals surface area contributed by atoms with E-state index in [4.69, 9.17) is 22.1 Å². The van der Waals surface area contributed by atoms with Gasteiger partial charge in [-0.3, -0.25) is 0 Å². The summed E-state index contributed by atoms with van der Waals surface area (Å²) in [5, 5.41) is 0.0927. The molecule has 0 aliphatic carbocycles. The summed E-state index contributed by atoms with van der Waals surface area (Å²) in [4.78, 5) is 0. The van der Waals surface area contributed by atoms with Crippen molar-refractivity contribution in [2.24, 2.45) is 5.73 Å². The summed E-state index contributed by atoms with van der Waals surface area (Å²) in [6.45, 7) is 0.783. The minimum absolute atomic E-state index is 0. The maximum atomic E-state index is 12.8. The van der Waals surface area contributed by atoms with Gasteiger partial charge in [-0.05, 0) is 12.1 Å². The van der Waals surface area contributed by atoms with Gasteiger partial charge in [-0.2, -0.15) is 0 Å². The SMILES string of the molecule is Cl.NCCOc1ccc(Cl)c(F)c1. The Balaban J connectivity index is 0.00000144. The van der Waals surface area contributed by atoms with E-state index in [2.05, 4.69) is 0 Å². The number of hydrogen-bond donors (Lipinski definition) is 1. The lowest BCUT2D eigenvalue weighted by atomic mass is 10.3. The maximum absolute atomic E-state index is 12.8. The van der Waals surface area contributed by atoms with Crippen LogP contribution >= 0.6 is 24.0 Å². The minimum Gasteiger partial charge on any atom is -0.492 e. The van der Waals surface area contributed by atoms with Crippen LogP contribution in [-0.4, -0.2) is 13.2 Å². The first-order valence-corrected chi connectivity index (χ1v) is 3.90. The Morgan fingerprint density at radius 3 is 2.69 bits per heavy atom. The zero-order valence-corrected chi connectivity index (χ0v) is 8.37. The van der Waals surface area contributed by atoms with Crippen LogP contribution in [0.5, 0.6) is 5.75 Å². The van der Waals surface area contributed by atoms with Crippen LogP contribution in [0.1, 0.15) is 0 Å². The third kappa shape index (κ3) is 3.81. The fourth-order valence-corrected chi connectivity index (χ4v) is 0.861. The molecule has 0 atom stereocenters. The molecule has 0 radical (unpaired) electrons. The van der Waals surface area contributed by atoms with Crippen molar-refractivity contribution in [3.63, 3.8) is 0 Å². The second-order valence-electron chi connectivity index (χ2n) is 2.21. The Morgan fingerprint density at radius 2 is 2.15 bits per heavy atom. The van der Waals surface area contributed by atoms with Crippen molar-refractivity contribution in [2.45, 2.75) is 0 Å². The van der Waals surface area contributed by atoms with Gasteiger partial charge in [0.1, 0.15) is 18.2 Å². The van der Waals surface area contributed by atoms with Crippen molar-refractivity contribution < 1.29 is 9.13 Å². The van der Waals surface area contributed by atoms with E-state index in [9.17, 15) is 4.39 Å². The van der Waals surface area contributed by atoms with Gasteiger partial charge in [-0.1, -0.05) is 11.6 Å². The summed E-state index contributed by atoms with van der Waals surface area (Å²) in [5.41, 5.74) is 5.20. The Labute approximate surface area is 87.2 Å².